The van der Waals surface area contributed by atoms with E-state index in [2.05, 4.69) is 10.6 Å². The van der Waals surface area contributed by atoms with Crippen molar-refractivity contribution < 1.29 is 9.59 Å². The quantitative estimate of drug-likeness (QED) is 0.868. The maximum Gasteiger partial charge on any atom is 0.253 e. The Hall–Kier alpha value is -1.75. The lowest BCUT2D eigenvalue weighted by Gasteiger charge is -2.23. The average molecular weight is 338 g/mol. The van der Waals surface area contributed by atoms with Crippen molar-refractivity contribution in [2.45, 2.75) is 38.1 Å². The first-order valence-electron chi connectivity index (χ1n) is 8.02. The number of benzene rings is 1. The Morgan fingerprint density at radius 3 is 2.57 bits per heavy atom. The first kappa shape index (κ1) is 17.6. The topological polar surface area (TPSA) is 61.4 Å². The molecule has 0 heterocycles. The Bertz CT molecular complexity index is 569. The number of hydrogen-bond acceptors (Lipinski definition) is 3. The van der Waals surface area contributed by atoms with Crippen LogP contribution in [-0.4, -0.2) is 43.4 Å². The Kier molecular flexibility index (Phi) is 6.28. The molecule has 0 unspecified atom stereocenters. The first-order chi connectivity index (χ1) is 11.0. The number of carbonyl (C=O) groups excluding carboxylic acids is 2. The summed E-state index contributed by atoms with van der Waals surface area (Å²) in [5.74, 6) is -0.183. The maximum atomic E-state index is 12.4. The van der Waals surface area contributed by atoms with Crippen molar-refractivity contribution in [1.29, 1.82) is 0 Å². The van der Waals surface area contributed by atoms with E-state index in [-0.39, 0.29) is 24.4 Å². The van der Waals surface area contributed by atoms with E-state index in [1.807, 2.05) is 0 Å². The highest BCUT2D eigenvalue weighted by atomic mass is 35.5. The summed E-state index contributed by atoms with van der Waals surface area (Å²) < 4.78 is 0. The Morgan fingerprint density at radius 1 is 1.22 bits per heavy atom. The summed E-state index contributed by atoms with van der Waals surface area (Å²) in [6, 6.07) is 5.38. The van der Waals surface area contributed by atoms with Crippen LogP contribution in [0, 0.1) is 0 Å². The zero-order valence-corrected chi connectivity index (χ0v) is 14.4. The molecule has 0 atom stereocenters. The number of halogens is 1. The summed E-state index contributed by atoms with van der Waals surface area (Å²) in [4.78, 5) is 25.6. The third kappa shape index (κ3) is 5.13. The van der Waals surface area contributed by atoms with Gasteiger partial charge in [-0.3, -0.25) is 9.59 Å². The second kappa shape index (κ2) is 8.20. The number of amides is 2. The molecule has 2 amide bonds. The predicted molar refractivity (Wildman–Crippen MR) is 93.0 cm³/mol. The molecule has 1 fully saturated rings. The molecule has 6 heteroatoms. The lowest BCUT2D eigenvalue weighted by atomic mass is 9.95. The zero-order chi connectivity index (χ0) is 16.8. The molecule has 0 spiro atoms. The van der Waals surface area contributed by atoms with Crippen LogP contribution < -0.4 is 10.6 Å². The summed E-state index contributed by atoms with van der Waals surface area (Å²) in [5, 5.41) is 6.50. The second-order valence-electron chi connectivity index (χ2n) is 6.14. The van der Waals surface area contributed by atoms with E-state index in [1.54, 1.807) is 32.3 Å². The predicted octanol–water partition coefficient (Wildman–Crippen LogP) is 2.90. The van der Waals surface area contributed by atoms with Gasteiger partial charge in [0.25, 0.3) is 5.91 Å². The third-order valence-corrected chi connectivity index (χ3v) is 4.42. The fourth-order valence-corrected chi connectivity index (χ4v) is 2.86. The normalized spacial score (nSPS) is 15.1. The summed E-state index contributed by atoms with van der Waals surface area (Å²) in [7, 11) is 3.41. The smallest absolute Gasteiger partial charge is 0.253 e. The molecule has 0 radical (unpaired) electrons. The fraction of sp³-hybridized carbons (Fsp3) is 0.529. The molecular formula is C17H24ClN3O2. The van der Waals surface area contributed by atoms with E-state index in [0.29, 0.717) is 16.3 Å². The van der Waals surface area contributed by atoms with Gasteiger partial charge in [0.05, 0.1) is 17.1 Å². The zero-order valence-electron chi connectivity index (χ0n) is 13.7. The van der Waals surface area contributed by atoms with Crippen LogP contribution >= 0.6 is 11.6 Å². The number of anilines is 1. The van der Waals surface area contributed by atoms with Gasteiger partial charge in [0.15, 0.2) is 0 Å². The van der Waals surface area contributed by atoms with Gasteiger partial charge in [-0.15, -0.1) is 0 Å². The van der Waals surface area contributed by atoms with Gasteiger partial charge in [-0.1, -0.05) is 30.9 Å². The lowest BCUT2D eigenvalue weighted by Crippen LogP contribution is -2.36. The molecule has 0 aliphatic heterocycles. The molecule has 0 bridgehead atoms. The van der Waals surface area contributed by atoms with E-state index in [9.17, 15) is 9.59 Å². The minimum absolute atomic E-state index is 0.0341. The van der Waals surface area contributed by atoms with Gasteiger partial charge in [0, 0.05) is 25.8 Å². The number of nitrogens with one attached hydrogen (secondary N) is 2. The van der Waals surface area contributed by atoms with Crippen LogP contribution in [0.2, 0.25) is 5.02 Å². The van der Waals surface area contributed by atoms with E-state index < -0.39 is 0 Å². The lowest BCUT2D eigenvalue weighted by molar-refractivity contribution is -0.126. The van der Waals surface area contributed by atoms with E-state index in [1.165, 1.54) is 11.3 Å². The van der Waals surface area contributed by atoms with Gasteiger partial charge >= 0.3 is 0 Å². The highest BCUT2D eigenvalue weighted by molar-refractivity contribution is 6.34. The largest absolute Gasteiger partial charge is 0.376 e. The maximum absolute atomic E-state index is 12.4. The number of nitrogens with zero attached hydrogens (tertiary/aromatic N) is 1. The van der Waals surface area contributed by atoms with Crippen molar-refractivity contribution in [3.8, 4) is 0 Å². The number of carbonyl (C=O) groups is 2. The molecular weight excluding hydrogens is 314 g/mol. The standard InChI is InChI=1S/C17H24ClN3O2/c1-21(2)16(22)11-19-13-8-9-15(18)14(10-13)17(23)20-12-6-4-3-5-7-12/h8-10,12,19H,3-7,11H2,1-2H3,(H,20,23). The van der Waals surface area contributed by atoms with E-state index in [0.717, 1.165) is 25.7 Å². The van der Waals surface area contributed by atoms with Crippen molar-refractivity contribution in [2.24, 2.45) is 0 Å². The molecule has 1 aliphatic carbocycles. The average Bonchev–Trinajstić information content (AvgIpc) is 2.54. The van der Waals surface area contributed by atoms with Crippen LogP contribution in [0.5, 0.6) is 0 Å². The monoisotopic (exact) mass is 337 g/mol. The summed E-state index contributed by atoms with van der Waals surface area (Å²) in [6.07, 6.45) is 5.61. The van der Waals surface area contributed by atoms with Gasteiger partial charge in [0.1, 0.15) is 0 Å². The molecule has 126 valence electrons. The highest BCUT2D eigenvalue weighted by Gasteiger charge is 2.18. The van der Waals surface area contributed by atoms with E-state index >= 15 is 0 Å². The Labute approximate surface area is 142 Å². The SMILES string of the molecule is CN(C)C(=O)CNc1ccc(Cl)c(C(=O)NC2CCCCC2)c1. The van der Waals surface area contributed by atoms with Gasteiger partial charge in [-0.05, 0) is 31.0 Å². The molecule has 0 aromatic heterocycles. The molecule has 5 nitrogen and oxygen atoms in total. The molecule has 1 saturated carbocycles. The molecule has 23 heavy (non-hydrogen) atoms. The first-order valence-corrected chi connectivity index (χ1v) is 8.39. The molecule has 2 rings (SSSR count). The van der Waals surface area contributed by atoms with Gasteiger partial charge < -0.3 is 15.5 Å². The van der Waals surface area contributed by atoms with Crippen LogP contribution in [0.1, 0.15) is 42.5 Å². The molecule has 0 saturated heterocycles. The molecule has 1 aliphatic rings. The van der Waals surface area contributed by atoms with Gasteiger partial charge in [0.2, 0.25) is 5.91 Å². The molecule has 1 aromatic carbocycles. The van der Waals surface area contributed by atoms with Gasteiger partial charge in [-0.25, -0.2) is 0 Å². The minimum atomic E-state index is -0.149. The van der Waals surface area contributed by atoms with Crippen LogP contribution in [-0.2, 0) is 4.79 Å². The van der Waals surface area contributed by atoms with Crippen molar-refractivity contribution in [1.82, 2.24) is 10.2 Å². The van der Waals surface area contributed by atoms with Crippen LogP contribution in [0.3, 0.4) is 0 Å². The fourth-order valence-electron chi connectivity index (χ4n) is 2.66. The number of likely N-dealkylation sites (N-methyl/N-ethyl adjacent to an activating group) is 1. The van der Waals surface area contributed by atoms with E-state index in [4.69, 9.17) is 11.6 Å². The van der Waals surface area contributed by atoms with Crippen LogP contribution in [0.4, 0.5) is 5.69 Å². The second-order valence-corrected chi connectivity index (χ2v) is 6.55. The third-order valence-electron chi connectivity index (χ3n) is 4.09. The summed E-state index contributed by atoms with van der Waals surface area (Å²) in [5.41, 5.74) is 1.15. The van der Waals surface area contributed by atoms with Crippen molar-refractivity contribution in [3.05, 3.63) is 28.8 Å². The summed E-state index contributed by atoms with van der Waals surface area (Å²) >= 11 is 6.16. The summed E-state index contributed by atoms with van der Waals surface area (Å²) in [6.45, 7) is 0.179. The molecule has 1 aromatic rings. The Morgan fingerprint density at radius 2 is 1.91 bits per heavy atom. The minimum Gasteiger partial charge on any atom is -0.376 e. The molecule has 2 N–H and O–H groups in total. The number of hydrogen-bond donors (Lipinski definition) is 2. The highest BCUT2D eigenvalue weighted by Crippen LogP contribution is 2.22. The van der Waals surface area contributed by atoms with Crippen LogP contribution in [0.25, 0.3) is 0 Å². The van der Waals surface area contributed by atoms with Gasteiger partial charge in [-0.2, -0.15) is 0 Å². The van der Waals surface area contributed by atoms with Crippen molar-refractivity contribution in [3.63, 3.8) is 0 Å². The van der Waals surface area contributed by atoms with Crippen molar-refractivity contribution in [2.75, 3.05) is 26.0 Å². The Balaban J connectivity index is 2.01. The number of rotatable bonds is 5. The van der Waals surface area contributed by atoms with Crippen LogP contribution in [0.15, 0.2) is 18.2 Å². The van der Waals surface area contributed by atoms with Crippen molar-refractivity contribution >= 4 is 29.1 Å².